The number of aromatic nitrogens is 1. The fourth-order valence-corrected chi connectivity index (χ4v) is 3.53. The third kappa shape index (κ3) is 3.47. The van der Waals surface area contributed by atoms with Crippen LogP contribution in [-0.4, -0.2) is 35.0 Å². The van der Waals surface area contributed by atoms with Gasteiger partial charge in [-0.1, -0.05) is 6.42 Å². The molecule has 1 saturated carbocycles. The minimum Gasteiger partial charge on any atom is -0.370 e. The fourth-order valence-electron chi connectivity index (χ4n) is 2.28. The van der Waals surface area contributed by atoms with Crippen molar-refractivity contribution in [2.24, 2.45) is 0 Å². The van der Waals surface area contributed by atoms with Crippen LogP contribution in [0.3, 0.4) is 0 Å². The summed E-state index contributed by atoms with van der Waals surface area (Å²) >= 11 is 5.23. The number of amides is 1. The minimum absolute atomic E-state index is 0.0601. The van der Waals surface area contributed by atoms with E-state index in [1.165, 1.54) is 19.3 Å². The van der Waals surface area contributed by atoms with Gasteiger partial charge >= 0.3 is 0 Å². The van der Waals surface area contributed by atoms with Crippen molar-refractivity contribution in [1.82, 2.24) is 10.3 Å². The summed E-state index contributed by atoms with van der Waals surface area (Å²) in [7, 11) is 0. The molecule has 4 nitrogen and oxygen atoms in total. The second kappa shape index (κ2) is 6.80. The third-order valence-corrected chi connectivity index (χ3v) is 5.56. The first-order chi connectivity index (χ1) is 9.60. The van der Waals surface area contributed by atoms with Crippen LogP contribution in [0.5, 0.6) is 0 Å². The predicted molar refractivity (Wildman–Crippen MR) is 88.5 cm³/mol. The molecule has 0 aromatic carbocycles. The van der Waals surface area contributed by atoms with Gasteiger partial charge in [-0.2, -0.15) is 11.8 Å². The number of rotatable bonds is 6. The summed E-state index contributed by atoms with van der Waals surface area (Å²) in [6.07, 6.45) is 7.45. The Morgan fingerprint density at radius 3 is 2.85 bits per heavy atom. The number of halogens is 1. The quantitative estimate of drug-likeness (QED) is 0.819. The van der Waals surface area contributed by atoms with E-state index in [0.29, 0.717) is 11.4 Å². The van der Waals surface area contributed by atoms with E-state index in [-0.39, 0.29) is 10.7 Å². The Labute approximate surface area is 132 Å². The smallest absolute Gasteiger partial charge is 0.255 e. The van der Waals surface area contributed by atoms with Crippen LogP contribution in [0.4, 0.5) is 5.82 Å². The molecule has 0 unspecified atom stereocenters. The number of hydrogen-bond donors (Lipinski definition) is 2. The Kier molecular flexibility index (Phi) is 5.32. The molecule has 1 fully saturated rings. The molecule has 6 heteroatoms. The summed E-state index contributed by atoms with van der Waals surface area (Å²) < 4.78 is 1.06. The molecule has 1 aromatic rings. The Morgan fingerprint density at radius 1 is 1.55 bits per heavy atom. The monoisotopic (exact) mass is 357 g/mol. The highest BCUT2D eigenvalue weighted by Gasteiger charge is 2.36. The van der Waals surface area contributed by atoms with Crippen molar-refractivity contribution in [3.63, 3.8) is 0 Å². The molecule has 1 aromatic heterocycles. The lowest BCUT2D eigenvalue weighted by Gasteiger charge is -2.40. The number of nitrogens with zero attached hydrogens (tertiary/aromatic N) is 1. The second-order valence-electron chi connectivity index (χ2n) is 5.00. The fraction of sp³-hybridized carbons (Fsp3) is 0.571. The van der Waals surface area contributed by atoms with Gasteiger partial charge in [-0.15, -0.1) is 0 Å². The average Bonchev–Trinajstić information content (AvgIpc) is 2.40. The van der Waals surface area contributed by atoms with Crippen molar-refractivity contribution in [3.8, 4) is 0 Å². The van der Waals surface area contributed by atoms with E-state index in [1.54, 1.807) is 6.20 Å². The summed E-state index contributed by atoms with van der Waals surface area (Å²) in [5.74, 6) is 0.579. The van der Waals surface area contributed by atoms with Gasteiger partial charge in [0.05, 0.1) is 5.56 Å². The van der Waals surface area contributed by atoms with Gasteiger partial charge in [0.2, 0.25) is 0 Å². The number of thioether (sulfide) groups is 1. The number of anilines is 1. The van der Waals surface area contributed by atoms with Crippen molar-refractivity contribution in [3.05, 3.63) is 22.3 Å². The molecule has 1 aliphatic rings. The van der Waals surface area contributed by atoms with Crippen molar-refractivity contribution in [2.45, 2.75) is 30.9 Å². The largest absolute Gasteiger partial charge is 0.370 e. The first kappa shape index (κ1) is 15.6. The summed E-state index contributed by atoms with van der Waals surface area (Å²) in [5, 5.41) is 6.18. The van der Waals surface area contributed by atoms with Crippen molar-refractivity contribution in [2.75, 3.05) is 24.7 Å². The van der Waals surface area contributed by atoms with Crippen molar-refractivity contribution >= 4 is 39.4 Å². The molecular weight excluding hydrogens is 338 g/mol. The highest BCUT2D eigenvalue weighted by Crippen LogP contribution is 2.42. The summed E-state index contributed by atoms with van der Waals surface area (Å²) in [4.78, 5) is 16.6. The van der Waals surface area contributed by atoms with Crippen LogP contribution < -0.4 is 10.6 Å². The van der Waals surface area contributed by atoms with Gasteiger partial charge in [0.1, 0.15) is 5.82 Å². The standard InChI is InChI=1S/C14H20BrN3OS/c1-3-16-12-11(7-10(15)8-17-12)13(19)18-9-14(20-2)5-4-6-14/h7-8H,3-6,9H2,1-2H3,(H,16,17)(H,18,19). The highest BCUT2D eigenvalue weighted by atomic mass is 79.9. The Bertz CT molecular complexity index is 486. The lowest BCUT2D eigenvalue weighted by atomic mass is 9.84. The maximum absolute atomic E-state index is 12.4. The maximum atomic E-state index is 12.4. The van der Waals surface area contributed by atoms with Gasteiger partial charge in [-0.05, 0) is 48.0 Å². The molecule has 20 heavy (non-hydrogen) atoms. The zero-order valence-electron chi connectivity index (χ0n) is 11.8. The van der Waals surface area contributed by atoms with E-state index >= 15 is 0 Å². The van der Waals surface area contributed by atoms with Gasteiger partial charge in [0.25, 0.3) is 5.91 Å². The average molecular weight is 358 g/mol. The van der Waals surface area contributed by atoms with E-state index < -0.39 is 0 Å². The second-order valence-corrected chi connectivity index (χ2v) is 7.19. The lowest BCUT2D eigenvalue weighted by Crippen LogP contribution is -2.45. The van der Waals surface area contributed by atoms with Gasteiger partial charge in [0, 0.05) is 28.5 Å². The minimum atomic E-state index is -0.0601. The Hall–Kier alpha value is -0.750. The van der Waals surface area contributed by atoms with E-state index in [4.69, 9.17) is 0 Å². The molecule has 0 saturated heterocycles. The summed E-state index contributed by atoms with van der Waals surface area (Å²) in [5.41, 5.74) is 0.594. The summed E-state index contributed by atoms with van der Waals surface area (Å²) in [6.45, 7) is 3.46. The van der Waals surface area contributed by atoms with Crippen LogP contribution in [0, 0.1) is 0 Å². The molecule has 1 aliphatic carbocycles. The van der Waals surface area contributed by atoms with Gasteiger partial charge in [-0.3, -0.25) is 4.79 Å². The van der Waals surface area contributed by atoms with Crippen LogP contribution in [-0.2, 0) is 0 Å². The highest BCUT2D eigenvalue weighted by molar-refractivity contribution is 9.10. The number of carbonyl (C=O) groups excluding carboxylic acids is 1. The molecule has 0 atom stereocenters. The first-order valence-corrected chi connectivity index (χ1v) is 8.85. The number of nitrogens with one attached hydrogen (secondary N) is 2. The van der Waals surface area contributed by atoms with Crippen molar-refractivity contribution < 1.29 is 4.79 Å². The zero-order valence-corrected chi connectivity index (χ0v) is 14.2. The van der Waals surface area contributed by atoms with Crippen LogP contribution in [0.1, 0.15) is 36.5 Å². The molecule has 2 N–H and O–H groups in total. The topological polar surface area (TPSA) is 54.0 Å². The van der Waals surface area contributed by atoms with Crippen LogP contribution in [0.2, 0.25) is 0 Å². The SMILES string of the molecule is CCNc1ncc(Br)cc1C(=O)NCC1(SC)CCC1. The molecule has 0 bridgehead atoms. The van der Waals surface area contributed by atoms with Crippen molar-refractivity contribution in [1.29, 1.82) is 0 Å². The maximum Gasteiger partial charge on any atom is 0.255 e. The van der Waals surface area contributed by atoms with Crippen LogP contribution in [0.25, 0.3) is 0 Å². The van der Waals surface area contributed by atoms with E-state index in [9.17, 15) is 4.79 Å². The molecular formula is C14H20BrN3OS. The third-order valence-electron chi connectivity index (χ3n) is 3.71. The van der Waals surface area contributed by atoms with Gasteiger partial charge in [-0.25, -0.2) is 4.98 Å². The number of hydrogen-bond acceptors (Lipinski definition) is 4. The Morgan fingerprint density at radius 2 is 2.30 bits per heavy atom. The van der Waals surface area contributed by atoms with Gasteiger partial charge in [0.15, 0.2) is 0 Å². The van der Waals surface area contributed by atoms with Crippen LogP contribution in [0.15, 0.2) is 16.7 Å². The molecule has 0 radical (unpaired) electrons. The van der Waals surface area contributed by atoms with E-state index in [1.807, 2.05) is 24.8 Å². The van der Waals surface area contributed by atoms with E-state index in [2.05, 4.69) is 37.8 Å². The molecule has 110 valence electrons. The van der Waals surface area contributed by atoms with E-state index in [0.717, 1.165) is 17.6 Å². The number of pyridine rings is 1. The zero-order chi connectivity index (χ0) is 14.6. The van der Waals surface area contributed by atoms with Gasteiger partial charge < -0.3 is 10.6 Å². The molecule has 1 heterocycles. The predicted octanol–water partition coefficient (Wildman–Crippen LogP) is 3.29. The molecule has 0 aliphatic heterocycles. The number of carbonyl (C=O) groups is 1. The molecule has 2 rings (SSSR count). The molecule has 0 spiro atoms. The first-order valence-electron chi connectivity index (χ1n) is 6.83. The summed E-state index contributed by atoms with van der Waals surface area (Å²) in [6, 6.07) is 1.81. The lowest BCUT2D eigenvalue weighted by molar-refractivity contribution is 0.0944. The molecule has 1 amide bonds. The normalized spacial score (nSPS) is 16.4. The van der Waals surface area contributed by atoms with Crippen LogP contribution >= 0.6 is 27.7 Å². The Balaban J connectivity index is 2.06.